The van der Waals surface area contributed by atoms with Crippen molar-refractivity contribution in [2.24, 2.45) is 0 Å². The zero-order chi connectivity index (χ0) is 12.5. The maximum absolute atomic E-state index is 4.52. The van der Waals surface area contributed by atoms with Gasteiger partial charge in [-0.2, -0.15) is 5.10 Å². The Labute approximate surface area is 105 Å². The number of hydrogen-bond donors (Lipinski definition) is 1. The molecule has 0 saturated heterocycles. The van der Waals surface area contributed by atoms with Gasteiger partial charge in [0.05, 0.1) is 5.52 Å². The summed E-state index contributed by atoms with van der Waals surface area (Å²) in [6, 6.07) is 10.0. The summed E-state index contributed by atoms with van der Waals surface area (Å²) in [4.78, 5) is 8.94. The second kappa shape index (κ2) is 4.22. The summed E-state index contributed by atoms with van der Waals surface area (Å²) in [5, 5.41) is 8.36. The van der Waals surface area contributed by atoms with Crippen LogP contribution in [-0.4, -0.2) is 20.2 Å². The fraction of sp³-hybridized carbons (Fsp3) is 0.214. The lowest BCUT2D eigenvalue weighted by atomic mass is 10.1. The third kappa shape index (κ3) is 1.76. The van der Waals surface area contributed by atoms with Crippen molar-refractivity contribution in [2.45, 2.75) is 19.8 Å². The highest BCUT2D eigenvalue weighted by Gasteiger charge is 2.11. The molecule has 2 aromatic heterocycles. The van der Waals surface area contributed by atoms with Crippen molar-refractivity contribution in [3.8, 4) is 11.4 Å². The summed E-state index contributed by atoms with van der Waals surface area (Å²) in [6.07, 6.45) is 1.79. The molecule has 0 atom stereocenters. The molecule has 0 amide bonds. The Bertz CT molecular complexity index is 680. The fourth-order valence-corrected chi connectivity index (χ4v) is 1.94. The number of rotatable bonds is 2. The Morgan fingerprint density at radius 3 is 2.72 bits per heavy atom. The summed E-state index contributed by atoms with van der Waals surface area (Å²) in [5.74, 6) is 1.95. The molecule has 3 aromatic rings. The lowest BCUT2D eigenvalue weighted by molar-refractivity contribution is 0.781. The van der Waals surface area contributed by atoms with Crippen LogP contribution in [0.2, 0.25) is 0 Å². The van der Waals surface area contributed by atoms with Crippen LogP contribution in [0.1, 0.15) is 25.6 Å². The van der Waals surface area contributed by atoms with Gasteiger partial charge < -0.3 is 0 Å². The van der Waals surface area contributed by atoms with E-state index in [1.54, 1.807) is 6.20 Å². The molecule has 3 rings (SSSR count). The standard InChI is InChI=1S/C14H14N4/c1-9(2)13-16-14(18-17-13)11-7-3-5-10-6-4-8-15-12(10)11/h3-9H,1-2H3,(H,16,17,18). The van der Waals surface area contributed by atoms with E-state index in [2.05, 4.69) is 34.0 Å². The Balaban J connectivity index is 2.18. The van der Waals surface area contributed by atoms with Crippen LogP contribution in [0, 0.1) is 0 Å². The van der Waals surface area contributed by atoms with Gasteiger partial charge in [-0.15, -0.1) is 0 Å². The molecule has 0 saturated carbocycles. The molecule has 4 nitrogen and oxygen atoms in total. The first-order chi connectivity index (χ1) is 8.75. The number of hydrogen-bond acceptors (Lipinski definition) is 3. The van der Waals surface area contributed by atoms with Crippen molar-refractivity contribution in [1.29, 1.82) is 0 Å². The Kier molecular flexibility index (Phi) is 2.55. The Morgan fingerprint density at radius 2 is 1.94 bits per heavy atom. The molecule has 0 fully saturated rings. The van der Waals surface area contributed by atoms with Crippen LogP contribution in [0.5, 0.6) is 0 Å². The highest BCUT2D eigenvalue weighted by Crippen LogP contribution is 2.24. The van der Waals surface area contributed by atoms with E-state index < -0.39 is 0 Å². The fourth-order valence-electron chi connectivity index (χ4n) is 1.94. The molecule has 0 bridgehead atoms. The van der Waals surface area contributed by atoms with Gasteiger partial charge in [0.25, 0.3) is 0 Å². The van der Waals surface area contributed by atoms with Crippen LogP contribution >= 0.6 is 0 Å². The van der Waals surface area contributed by atoms with Crippen LogP contribution in [0.4, 0.5) is 0 Å². The largest absolute Gasteiger partial charge is 0.262 e. The van der Waals surface area contributed by atoms with E-state index in [9.17, 15) is 0 Å². The third-order valence-electron chi connectivity index (χ3n) is 2.92. The van der Waals surface area contributed by atoms with Gasteiger partial charge >= 0.3 is 0 Å². The number of pyridine rings is 1. The average Bonchev–Trinajstić information content (AvgIpc) is 2.87. The molecule has 0 spiro atoms. The highest BCUT2D eigenvalue weighted by molar-refractivity contribution is 5.91. The predicted molar refractivity (Wildman–Crippen MR) is 71.2 cm³/mol. The molecule has 90 valence electrons. The summed E-state index contributed by atoms with van der Waals surface area (Å²) < 4.78 is 0. The molecule has 18 heavy (non-hydrogen) atoms. The summed E-state index contributed by atoms with van der Waals surface area (Å²) in [5.41, 5.74) is 1.91. The van der Waals surface area contributed by atoms with Crippen molar-refractivity contribution in [3.63, 3.8) is 0 Å². The molecule has 0 aliphatic heterocycles. The number of para-hydroxylation sites is 1. The van der Waals surface area contributed by atoms with Gasteiger partial charge in [-0.25, -0.2) is 4.98 Å². The zero-order valence-electron chi connectivity index (χ0n) is 10.4. The van der Waals surface area contributed by atoms with Gasteiger partial charge in [0.2, 0.25) is 0 Å². The van der Waals surface area contributed by atoms with Crippen molar-refractivity contribution < 1.29 is 0 Å². The summed E-state index contributed by atoms with van der Waals surface area (Å²) in [6.45, 7) is 4.18. The Hall–Kier alpha value is -2.23. The lowest BCUT2D eigenvalue weighted by Crippen LogP contribution is -1.90. The van der Waals surface area contributed by atoms with Gasteiger partial charge in [-0.1, -0.05) is 32.0 Å². The van der Waals surface area contributed by atoms with Crippen molar-refractivity contribution in [1.82, 2.24) is 20.2 Å². The molecule has 0 aliphatic carbocycles. The number of fused-ring (bicyclic) bond motifs is 1. The van der Waals surface area contributed by atoms with Crippen molar-refractivity contribution in [2.75, 3.05) is 0 Å². The highest BCUT2D eigenvalue weighted by atomic mass is 15.2. The number of nitrogens with one attached hydrogen (secondary N) is 1. The second-order valence-corrected chi connectivity index (χ2v) is 4.58. The zero-order valence-corrected chi connectivity index (χ0v) is 10.4. The number of aromatic amines is 1. The Morgan fingerprint density at radius 1 is 1.11 bits per heavy atom. The molecule has 0 unspecified atom stereocenters. The van der Waals surface area contributed by atoms with Gasteiger partial charge in [0, 0.05) is 23.1 Å². The lowest BCUT2D eigenvalue weighted by Gasteiger charge is -2.01. The van der Waals surface area contributed by atoms with Gasteiger partial charge in [0.1, 0.15) is 5.82 Å². The quantitative estimate of drug-likeness (QED) is 0.746. The van der Waals surface area contributed by atoms with E-state index in [0.29, 0.717) is 11.7 Å². The molecule has 1 aromatic carbocycles. The van der Waals surface area contributed by atoms with E-state index in [4.69, 9.17) is 0 Å². The first kappa shape index (κ1) is 10.9. The number of benzene rings is 1. The average molecular weight is 238 g/mol. The first-order valence-electron chi connectivity index (χ1n) is 6.02. The van der Waals surface area contributed by atoms with E-state index in [0.717, 1.165) is 22.3 Å². The minimum atomic E-state index is 0.342. The summed E-state index contributed by atoms with van der Waals surface area (Å²) in [7, 11) is 0. The maximum atomic E-state index is 4.52. The minimum absolute atomic E-state index is 0.342. The monoisotopic (exact) mass is 238 g/mol. The van der Waals surface area contributed by atoms with Crippen LogP contribution in [-0.2, 0) is 0 Å². The van der Waals surface area contributed by atoms with Crippen LogP contribution in [0.15, 0.2) is 36.5 Å². The number of nitrogens with zero attached hydrogens (tertiary/aromatic N) is 3. The molecular weight excluding hydrogens is 224 g/mol. The molecule has 2 heterocycles. The van der Waals surface area contributed by atoms with Crippen LogP contribution < -0.4 is 0 Å². The van der Waals surface area contributed by atoms with Crippen molar-refractivity contribution in [3.05, 3.63) is 42.4 Å². The minimum Gasteiger partial charge on any atom is -0.262 e. The van der Waals surface area contributed by atoms with Gasteiger partial charge in [-0.05, 0) is 12.1 Å². The van der Waals surface area contributed by atoms with E-state index in [1.165, 1.54) is 0 Å². The SMILES string of the molecule is CC(C)c1nc(-c2cccc3cccnc23)n[nH]1. The van der Waals surface area contributed by atoms with Gasteiger partial charge in [0.15, 0.2) is 5.82 Å². The summed E-state index contributed by atoms with van der Waals surface area (Å²) >= 11 is 0. The molecule has 0 aliphatic rings. The normalized spacial score (nSPS) is 11.3. The maximum Gasteiger partial charge on any atom is 0.183 e. The predicted octanol–water partition coefficient (Wildman–Crippen LogP) is 3.14. The van der Waals surface area contributed by atoms with Crippen LogP contribution in [0.25, 0.3) is 22.3 Å². The topological polar surface area (TPSA) is 54.5 Å². The number of H-pyrrole nitrogens is 1. The van der Waals surface area contributed by atoms with Crippen LogP contribution in [0.3, 0.4) is 0 Å². The molecule has 0 radical (unpaired) electrons. The van der Waals surface area contributed by atoms with E-state index >= 15 is 0 Å². The molecular formula is C14H14N4. The molecule has 1 N–H and O–H groups in total. The van der Waals surface area contributed by atoms with Gasteiger partial charge in [-0.3, -0.25) is 10.1 Å². The second-order valence-electron chi connectivity index (χ2n) is 4.58. The first-order valence-corrected chi connectivity index (χ1v) is 6.02. The molecule has 4 heteroatoms. The van der Waals surface area contributed by atoms with E-state index in [1.807, 2.05) is 30.3 Å². The van der Waals surface area contributed by atoms with Crippen molar-refractivity contribution >= 4 is 10.9 Å². The smallest absolute Gasteiger partial charge is 0.183 e. The third-order valence-corrected chi connectivity index (χ3v) is 2.92. The van der Waals surface area contributed by atoms with E-state index in [-0.39, 0.29) is 0 Å². The number of aromatic nitrogens is 4.